The molecule has 0 radical (unpaired) electrons. The minimum Gasteiger partial charge on any atom is -0.387 e. The molecule has 0 bridgehead atoms. The van der Waals surface area contributed by atoms with Gasteiger partial charge < -0.3 is 10.8 Å². The van der Waals surface area contributed by atoms with Gasteiger partial charge in [0.2, 0.25) is 0 Å². The van der Waals surface area contributed by atoms with Crippen LogP contribution in [-0.4, -0.2) is 23.5 Å². The number of hydrogen-bond donors (Lipinski definition) is 2. The van der Waals surface area contributed by atoms with Gasteiger partial charge in [-0.05, 0) is 0 Å². The van der Waals surface area contributed by atoms with Crippen molar-refractivity contribution < 1.29 is 9.90 Å². The molecule has 0 amide bonds. The van der Waals surface area contributed by atoms with Crippen molar-refractivity contribution >= 4 is 6.29 Å². The highest BCUT2D eigenvalue weighted by Gasteiger charge is 2.17. The quantitative estimate of drug-likeness (QED) is 0.475. The van der Waals surface area contributed by atoms with E-state index in [-0.39, 0.29) is 0 Å². The van der Waals surface area contributed by atoms with Crippen molar-refractivity contribution in [1.29, 1.82) is 0 Å². The van der Waals surface area contributed by atoms with E-state index in [4.69, 9.17) is 10.8 Å². The Morgan fingerprint density at radius 3 is 2.90 bits per heavy atom. The van der Waals surface area contributed by atoms with Gasteiger partial charge in [0.15, 0.2) is 0 Å². The number of nitrogens with two attached hydrogens (primary N) is 1. The van der Waals surface area contributed by atoms with Gasteiger partial charge in [0.05, 0.1) is 12.1 Å². The molecule has 3 N–H and O–H groups in total. The smallest absolute Gasteiger partial charge is 0.147 e. The summed E-state index contributed by atoms with van der Waals surface area (Å²) in [6.07, 6.45) is 4.72. The number of aliphatic hydroxyl groups is 1. The highest BCUT2D eigenvalue weighted by atomic mass is 16.3. The Kier molecular flexibility index (Phi) is 1.99. The van der Waals surface area contributed by atoms with Gasteiger partial charge in [-0.2, -0.15) is 0 Å². The maximum Gasteiger partial charge on any atom is 0.147 e. The van der Waals surface area contributed by atoms with Crippen LogP contribution in [0.15, 0.2) is 23.8 Å². The molecule has 0 aliphatic heterocycles. The van der Waals surface area contributed by atoms with Crippen LogP contribution in [0.3, 0.4) is 0 Å². The van der Waals surface area contributed by atoms with E-state index in [1.165, 1.54) is 0 Å². The lowest BCUT2D eigenvalue weighted by Gasteiger charge is -2.17. The zero-order chi connectivity index (χ0) is 7.56. The van der Waals surface area contributed by atoms with Crippen LogP contribution in [0.5, 0.6) is 0 Å². The number of allylic oxidation sites excluding steroid dienone is 2. The highest BCUT2D eigenvalue weighted by molar-refractivity contribution is 5.76. The molecule has 1 unspecified atom stereocenters. The van der Waals surface area contributed by atoms with E-state index in [0.29, 0.717) is 11.9 Å². The van der Waals surface area contributed by atoms with Gasteiger partial charge in [0.1, 0.15) is 6.29 Å². The Labute approximate surface area is 58.8 Å². The van der Waals surface area contributed by atoms with Gasteiger partial charge in [0, 0.05) is 5.57 Å². The largest absolute Gasteiger partial charge is 0.387 e. The minimum absolute atomic E-state index is 0.440. The summed E-state index contributed by atoms with van der Waals surface area (Å²) < 4.78 is 0. The predicted octanol–water partition coefficient (Wildman–Crippen LogP) is -0.630. The number of aldehydes is 1. The van der Waals surface area contributed by atoms with Crippen molar-refractivity contribution in [2.45, 2.75) is 12.1 Å². The molecule has 3 heteroatoms. The van der Waals surface area contributed by atoms with Crippen LogP contribution in [0.25, 0.3) is 0 Å². The zero-order valence-electron chi connectivity index (χ0n) is 5.40. The molecule has 0 aromatic rings. The Morgan fingerprint density at radius 1 is 1.70 bits per heavy atom. The normalized spacial score (nSPS) is 31.6. The van der Waals surface area contributed by atoms with Gasteiger partial charge in [-0.1, -0.05) is 18.2 Å². The monoisotopic (exact) mass is 139 g/mol. The fourth-order valence-corrected chi connectivity index (χ4v) is 0.826. The van der Waals surface area contributed by atoms with Crippen molar-refractivity contribution in [3.8, 4) is 0 Å². The van der Waals surface area contributed by atoms with Gasteiger partial charge in [-0.3, -0.25) is 4.79 Å². The average molecular weight is 139 g/mol. The number of rotatable bonds is 1. The first-order valence-electron chi connectivity index (χ1n) is 3.03. The molecule has 0 spiro atoms. The molecule has 0 fully saturated rings. The Bertz CT molecular complexity index is 196. The van der Waals surface area contributed by atoms with Crippen LogP contribution >= 0.6 is 0 Å². The summed E-state index contributed by atoms with van der Waals surface area (Å²) in [5.41, 5.74) is 5.87. The van der Waals surface area contributed by atoms with Gasteiger partial charge >= 0.3 is 0 Å². The van der Waals surface area contributed by atoms with E-state index in [9.17, 15) is 4.79 Å². The topological polar surface area (TPSA) is 63.3 Å². The lowest BCUT2D eigenvalue weighted by molar-refractivity contribution is -0.105. The Balaban J connectivity index is 2.81. The third-order valence-corrected chi connectivity index (χ3v) is 1.49. The Hall–Kier alpha value is -0.930. The number of carbonyl (C=O) groups is 1. The number of aliphatic hydroxyl groups excluding tert-OH is 1. The lowest BCUT2D eigenvalue weighted by atomic mass is 9.99. The standard InChI is InChI=1S/C7H9NO2/c8-7-5(4-9)2-1-3-6(7)10/h1-4,6-7,10H,8H2/t6-,7?/m0/s1. The molecule has 0 aromatic carbocycles. The second-order valence-corrected chi connectivity index (χ2v) is 2.19. The van der Waals surface area contributed by atoms with Crippen LogP contribution in [0, 0.1) is 0 Å². The maximum absolute atomic E-state index is 10.2. The predicted molar refractivity (Wildman–Crippen MR) is 37.3 cm³/mol. The molecule has 2 atom stereocenters. The fourth-order valence-electron chi connectivity index (χ4n) is 0.826. The molecule has 0 saturated carbocycles. The van der Waals surface area contributed by atoms with Gasteiger partial charge in [0.25, 0.3) is 0 Å². The second kappa shape index (κ2) is 2.77. The van der Waals surface area contributed by atoms with Gasteiger partial charge in [-0.15, -0.1) is 0 Å². The van der Waals surface area contributed by atoms with Crippen LogP contribution in [0.4, 0.5) is 0 Å². The maximum atomic E-state index is 10.2. The van der Waals surface area contributed by atoms with E-state index >= 15 is 0 Å². The summed E-state index contributed by atoms with van der Waals surface area (Å²) >= 11 is 0. The molecule has 0 saturated heterocycles. The van der Waals surface area contributed by atoms with Crippen molar-refractivity contribution in [3.05, 3.63) is 23.8 Å². The van der Waals surface area contributed by atoms with E-state index in [0.717, 1.165) is 0 Å². The molecule has 0 heterocycles. The molecule has 1 rings (SSSR count). The van der Waals surface area contributed by atoms with E-state index < -0.39 is 12.1 Å². The van der Waals surface area contributed by atoms with Crippen LogP contribution < -0.4 is 5.73 Å². The number of hydrogen-bond acceptors (Lipinski definition) is 3. The SMILES string of the molecule is NC1C(C=O)=CC=C[C@@H]1O. The minimum atomic E-state index is -0.717. The highest BCUT2D eigenvalue weighted by Crippen LogP contribution is 2.08. The first kappa shape index (κ1) is 7.18. The van der Waals surface area contributed by atoms with Crippen LogP contribution in [-0.2, 0) is 4.79 Å². The third-order valence-electron chi connectivity index (χ3n) is 1.49. The summed E-state index contributed by atoms with van der Waals surface area (Å²) in [6.45, 7) is 0. The third kappa shape index (κ3) is 1.15. The lowest BCUT2D eigenvalue weighted by Crippen LogP contribution is -2.36. The van der Waals surface area contributed by atoms with E-state index in [1.54, 1.807) is 18.2 Å². The summed E-state index contributed by atoms with van der Waals surface area (Å²) in [4.78, 5) is 10.2. The first-order chi connectivity index (χ1) is 4.75. The molecule has 10 heavy (non-hydrogen) atoms. The van der Waals surface area contributed by atoms with Crippen LogP contribution in [0.1, 0.15) is 0 Å². The molecule has 54 valence electrons. The fraction of sp³-hybridized carbons (Fsp3) is 0.286. The second-order valence-electron chi connectivity index (χ2n) is 2.19. The van der Waals surface area contributed by atoms with Crippen molar-refractivity contribution in [3.63, 3.8) is 0 Å². The van der Waals surface area contributed by atoms with Crippen molar-refractivity contribution in [1.82, 2.24) is 0 Å². The number of carbonyl (C=O) groups excluding carboxylic acids is 1. The molecule has 0 aromatic heterocycles. The van der Waals surface area contributed by atoms with Gasteiger partial charge in [-0.25, -0.2) is 0 Å². The average Bonchev–Trinajstić information content (AvgIpc) is 1.95. The van der Waals surface area contributed by atoms with Crippen molar-refractivity contribution in [2.75, 3.05) is 0 Å². The molecular formula is C7H9NO2. The van der Waals surface area contributed by atoms with Crippen molar-refractivity contribution in [2.24, 2.45) is 5.73 Å². The van der Waals surface area contributed by atoms with E-state index in [1.807, 2.05) is 0 Å². The Morgan fingerprint density at radius 2 is 2.40 bits per heavy atom. The molecule has 3 nitrogen and oxygen atoms in total. The molecule has 1 aliphatic carbocycles. The molecule has 1 aliphatic rings. The summed E-state index contributed by atoms with van der Waals surface area (Å²) in [7, 11) is 0. The first-order valence-corrected chi connectivity index (χ1v) is 3.03. The summed E-state index contributed by atoms with van der Waals surface area (Å²) in [6, 6.07) is -0.553. The summed E-state index contributed by atoms with van der Waals surface area (Å²) in [5.74, 6) is 0. The summed E-state index contributed by atoms with van der Waals surface area (Å²) in [5, 5.41) is 9.07. The van der Waals surface area contributed by atoms with E-state index in [2.05, 4.69) is 0 Å². The molecular weight excluding hydrogens is 130 g/mol. The zero-order valence-corrected chi connectivity index (χ0v) is 5.40. The van der Waals surface area contributed by atoms with Crippen LogP contribution in [0.2, 0.25) is 0 Å².